The molecule has 5 rings (SSSR count). The third-order valence-electron chi connectivity index (χ3n) is 28.3. The molecule has 0 spiro atoms. The minimum atomic E-state index is -1.92. The van der Waals surface area contributed by atoms with E-state index in [0.717, 1.165) is 31.6 Å². The topological polar surface area (TPSA) is 474 Å². The van der Waals surface area contributed by atoms with Gasteiger partial charge >= 0.3 is 30.0 Å². The number of rotatable bonds is 36. The molecule has 6 N–H and O–H groups in total. The van der Waals surface area contributed by atoms with Crippen LogP contribution in [0.2, 0.25) is 0 Å². The highest BCUT2D eigenvalue weighted by Gasteiger charge is 2.68. The smallest absolute Gasteiger partial charge is 0.466 e. The highest BCUT2D eigenvalue weighted by molar-refractivity contribution is 6.02. The van der Waals surface area contributed by atoms with E-state index in [9.17, 15) is 77.3 Å². The van der Waals surface area contributed by atoms with Crippen molar-refractivity contribution >= 4 is 107 Å². The zero-order valence-electron chi connectivity index (χ0n) is 86.8. The largest absolute Gasteiger partial charge is 0.511 e. The highest BCUT2D eigenvalue weighted by Crippen LogP contribution is 2.67. The number of unbranched alkanes of at least 4 members (excludes halogenated alkanes) is 4. The average Bonchev–Trinajstić information content (AvgIpc) is 1.50. The van der Waals surface area contributed by atoms with Gasteiger partial charge in [-0.05, 0) is 195 Å². The SMILES string of the molecule is C/C=C/C[C@@H](C)C(OC(=O)OCOC(=O)CCC(=O)OCCCCCC(=O)OCCCCCC(=O)OCC(=O)[C@@]1(O)CCC2C3CCC4=CC(=O)C=C[C@]4(C)C3[C@@H](O)C[C@@]21C)C1C(=O)NC(CC)C(=O)N(C)CC(=O)N(C)[C@@H](CC(C)C)C(=O)NC(C(C)C)C(=O)N(C)[C@H](CC(C)C)C(=O)NC(C)C(=O)NC(C)C(=O)N(C)C(CC(C)C)C(=O)N(C)C(CC(C)C)C(=O)N(C)[C@H](C(C)C)C(=O)N1C. The zero-order chi connectivity index (χ0) is 104. The Hall–Kier alpha value is -10.2. The average molecular weight is 1950 g/mol. The van der Waals surface area contributed by atoms with Crippen molar-refractivity contribution in [2.45, 2.75) is 345 Å². The van der Waals surface area contributed by atoms with E-state index < -0.39 is 240 Å². The molecule has 4 aliphatic carbocycles. The fourth-order valence-electron chi connectivity index (χ4n) is 20.1. The number of fused-ring (bicyclic) bond motifs is 5. The molecule has 0 aromatic carbocycles. The van der Waals surface area contributed by atoms with E-state index in [1.165, 1.54) is 77.9 Å². The molecular weight excluding hydrogens is 1780 g/mol. The van der Waals surface area contributed by atoms with Crippen LogP contribution in [0.1, 0.15) is 266 Å². The summed E-state index contributed by atoms with van der Waals surface area (Å²) in [7, 11) is 9.46. The second-order valence-electron chi connectivity index (χ2n) is 41.5. The van der Waals surface area contributed by atoms with Crippen LogP contribution in [-0.2, 0) is 110 Å². The van der Waals surface area contributed by atoms with Crippen LogP contribution in [0.3, 0.4) is 0 Å². The number of hydrogen-bond donors (Lipinski definition) is 6. The lowest BCUT2D eigenvalue weighted by atomic mass is 9.46. The van der Waals surface area contributed by atoms with Crippen LogP contribution in [0.4, 0.5) is 4.79 Å². The van der Waals surface area contributed by atoms with Gasteiger partial charge in [-0.15, -0.1) is 0 Å². The maximum absolute atomic E-state index is 15.9. The summed E-state index contributed by atoms with van der Waals surface area (Å²) >= 11 is 0. The molecule has 3 saturated carbocycles. The van der Waals surface area contributed by atoms with Crippen molar-refractivity contribution in [3.05, 3.63) is 36.0 Å². The van der Waals surface area contributed by atoms with Gasteiger partial charge in [-0.2, -0.15) is 0 Å². The monoisotopic (exact) mass is 1950 g/mol. The van der Waals surface area contributed by atoms with E-state index in [4.69, 9.17) is 28.4 Å². The fraction of sp³-hybridized carbons (Fsp3) is 0.762. The summed E-state index contributed by atoms with van der Waals surface area (Å²) in [4.78, 5) is 264. The molecule has 11 unspecified atom stereocenters. The molecule has 0 aromatic rings. The number of amides is 11. The van der Waals surface area contributed by atoms with Gasteiger partial charge in [-0.3, -0.25) is 81.5 Å². The number of ketones is 2. The number of allylic oxidation sites excluding steroid dienone is 6. The number of nitrogens with one attached hydrogen (secondary N) is 4. The summed E-state index contributed by atoms with van der Waals surface area (Å²) in [5.41, 5.74) is -2.23. The van der Waals surface area contributed by atoms with Crippen LogP contribution in [0.25, 0.3) is 0 Å². The van der Waals surface area contributed by atoms with E-state index in [1.807, 2.05) is 68.4 Å². The summed E-state index contributed by atoms with van der Waals surface area (Å²) in [6.07, 6.45) is 8.76. The van der Waals surface area contributed by atoms with Crippen molar-refractivity contribution in [2.75, 3.05) is 82.5 Å². The van der Waals surface area contributed by atoms with Gasteiger partial charge in [0.15, 0.2) is 12.4 Å². The summed E-state index contributed by atoms with van der Waals surface area (Å²) in [6.45, 7) is 30.6. The number of likely N-dealkylation sites (N-methyl/N-ethyl adjacent to an activating group) is 7. The first-order valence-corrected chi connectivity index (χ1v) is 49.5. The molecule has 4 fully saturated rings. The number of carbonyl (C=O) groups is 18. The minimum absolute atomic E-state index is 0.000500. The van der Waals surface area contributed by atoms with Crippen molar-refractivity contribution in [3.63, 3.8) is 0 Å². The third-order valence-corrected chi connectivity index (χ3v) is 28.3. The van der Waals surface area contributed by atoms with Crippen LogP contribution in [0, 0.1) is 70.0 Å². The molecule has 1 heterocycles. The zero-order valence-corrected chi connectivity index (χ0v) is 86.8. The number of aliphatic hydroxyl groups is 2. The molecule has 11 amide bonds. The Bertz CT molecular complexity index is 4350. The molecule has 1 aliphatic heterocycles. The molecule has 1 saturated heterocycles. The number of nitrogens with zero attached hydrogens (tertiary/aromatic N) is 7. The van der Waals surface area contributed by atoms with Gasteiger partial charge in [0.25, 0.3) is 0 Å². The van der Waals surface area contributed by atoms with Crippen LogP contribution >= 0.6 is 0 Å². The number of hydrogen-bond acceptors (Lipinski definition) is 26. The first-order chi connectivity index (χ1) is 64.5. The number of Topliss-reactive ketones (excluding diaryl/α,β-unsaturated/α-hetero) is 1. The second kappa shape index (κ2) is 54.0. The van der Waals surface area contributed by atoms with Crippen molar-refractivity contribution in [3.8, 4) is 0 Å². The molecule has 0 bridgehead atoms. The molecule has 5 aliphatic rings. The molecule has 19 atom stereocenters. The normalized spacial score (nSPS) is 28.1. The lowest BCUT2D eigenvalue weighted by Crippen LogP contribution is -2.64. The van der Waals surface area contributed by atoms with E-state index in [0.29, 0.717) is 51.4 Å². The molecule has 778 valence electrons. The molecular formula is C101H163N11O26. The first-order valence-electron chi connectivity index (χ1n) is 49.5. The standard InChI is InChI=1S/C101H163N11O26/c1-27-29-36-64(15)87(138-98(131)137-57-136-82(120)42-41-81(119)134-48-35-30-32-37-79(117)133-47-34-31-33-38-80(118)135-56-77(115)101(132)46-44-70-69-40-39-67-53-68(113)43-45-99(67,18)83(69)76(114)54-100(70,101)19)86-91(124)104-71(28-2)93(126)106(20)55-78(116)107(21)72(49-58(3)4)90(123)105-84(62(11)12)96(129)108(22)73(50-59(5)6)89(122)102-65(16)88(121)103-66(17)92(125)109(23)74(51-60(7)8)94(127)110(24)75(52-61(9)10)95(128)111(25)85(63(13)14)97(130)112(86)26/h27,29,43,45,53,58-66,69-76,83-87,114,132H,28,30-42,44,46-52,54-57H2,1-26H3,(H,102,122)(H,103,121)(H,104,124)(H,105,123)/b29-27+/t64-,65?,66?,69?,70?,71?,72+,73-,74?,75?,76+,83?,84?,85-,86?,87?,99+,100+,101+/m1/s1. The van der Waals surface area contributed by atoms with Gasteiger partial charge < -0.3 is 94.2 Å². The Balaban J connectivity index is 1.28. The van der Waals surface area contributed by atoms with Crippen LogP contribution in [-0.4, -0.2) is 312 Å². The second-order valence-corrected chi connectivity index (χ2v) is 41.5. The Kier molecular flexibility index (Phi) is 46.3. The summed E-state index contributed by atoms with van der Waals surface area (Å²) in [5.74, 6) is -15.4. The van der Waals surface area contributed by atoms with E-state index >= 15 is 19.2 Å². The van der Waals surface area contributed by atoms with Crippen molar-refractivity contribution < 1.29 is 125 Å². The van der Waals surface area contributed by atoms with E-state index in [1.54, 1.807) is 72.8 Å². The summed E-state index contributed by atoms with van der Waals surface area (Å²) in [5, 5.41) is 34.7. The van der Waals surface area contributed by atoms with Crippen LogP contribution in [0.5, 0.6) is 0 Å². The van der Waals surface area contributed by atoms with Crippen LogP contribution in [0.15, 0.2) is 36.0 Å². The molecule has 37 heteroatoms. The summed E-state index contributed by atoms with van der Waals surface area (Å²) in [6, 6.07) is -13.7. The molecule has 0 radical (unpaired) electrons. The van der Waals surface area contributed by atoms with Crippen LogP contribution < -0.4 is 21.3 Å². The van der Waals surface area contributed by atoms with Gasteiger partial charge in [-0.25, -0.2) is 4.79 Å². The first kappa shape index (κ1) is 118. The maximum atomic E-state index is 15.9. The molecule has 37 nitrogen and oxygen atoms in total. The Labute approximate surface area is 816 Å². The van der Waals surface area contributed by atoms with Gasteiger partial charge in [0, 0.05) is 78.9 Å². The van der Waals surface area contributed by atoms with Gasteiger partial charge in [0.2, 0.25) is 77.6 Å². The Morgan fingerprint density at radius 2 is 1.01 bits per heavy atom. The molecule has 0 aromatic heterocycles. The Morgan fingerprint density at radius 1 is 0.522 bits per heavy atom. The highest BCUT2D eigenvalue weighted by atomic mass is 16.8. The van der Waals surface area contributed by atoms with E-state index in [2.05, 4.69) is 28.2 Å². The van der Waals surface area contributed by atoms with E-state index in [-0.39, 0.29) is 125 Å². The Morgan fingerprint density at radius 3 is 1.55 bits per heavy atom. The molecule has 138 heavy (non-hydrogen) atoms. The number of ether oxygens (including phenoxy) is 6. The minimum Gasteiger partial charge on any atom is -0.466 e. The fourth-order valence-corrected chi connectivity index (χ4v) is 20.1. The van der Waals surface area contributed by atoms with Crippen molar-refractivity contribution in [1.29, 1.82) is 0 Å². The number of carbonyl (C=O) groups excluding carboxylic acids is 18. The number of aliphatic hydroxyl groups excluding tert-OH is 1. The predicted molar refractivity (Wildman–Crippen MR) is 512 cm³/mol. The van der Waals surface area contributed by atoms with Gasteiger partial charge in [0.05, 0.1) is 38.7 Å². The summed E-state index contributed by atoms with van der Waals surface area (Å²) < 4.78 is 32.6. The van der Waals surface area contributed by atoms with Crippen molar-refractivity contribution in [1.82, 2.24) is 55.6 Å². The quantitative estimate of drug-likeness (QED) is 0.0114. The maximum Gasteiger partial charge on any atom is 0.511 e. The lowest BCUT2D eigenvalue weighted by molar-refractivity contribution is -0.181. The third kappa shape index (κ3) is 31.7. The number of esters is 4. The van der Waals surface area contributed by atoms with Gasteiger partial charge in [-0.1, -0.05) is 135 Å². The lowest BCUT2D eigenvalue weighted by Gasteiger charge is -2.59. The predicted octanol–water partition coefficient (Wildman–Crippen LogP) is 8.04. The van der Waals surface area contributed by atoms with Crippen molar-refractivity contribution in [2.24, 2.45) is 70.0 Å². The van der Waals surface area contributed by atoms with Gasteiger partial charge in [0.1, 0.15) is 72.1 Å².